The lowest BCUT2D eigenvalue weighted by Gasteiger charge is -2.24. The molecule has 0 aliphatic carbocycles. The molecule has 7 N–H and O–H groups in total. The Hall–Kier alpha value is -5.93. The molecule has 0 spiro atoms. The number of nitrogens with zero attached hydrogens (tertiary/aromatic N) is 2. The molecule has 0 fully saturated rings. The number of amides is 3. The van der Waals surface area contributed by atoms with Crippen molar-refractivity contribution in [1.82, 2.24) is 15.5 Å². The van der Waals surface area contributed by atoms with E-state index in [2.05, 4.69) is 21.3 Å². The van der Waals surface area contributed by atoms with Crippen molar-refractivity contribution in [2.75, 3.05) is 10.6 Å². The topological polar surface area (TPSA) is 241 Å². The summed E-state index contributed by atoms with van der Waals surface area (Å²) in [4.78, 5) is 73.8. The molecule has 2 aromatic carbocycles. The molecular weight excluding hydrogens is 640 g/mol. The molecule has 1 aliphatic rings. The van der Waals surface area contributed by atoms with Crippen LogP contribution in [0.1, 0.15) is 64.1 Å². The summed E-state index contributed by atoms with van der Waals surface area (Å²) >= 11 is 0. The number of nitrogens with one attached hydrogen (secondary N) is 4. The van der Waals surface area contributed by atoms with Gasteiger partial charge in [-0.15, -0.1) is 0 Å². The van der Waals surface area contributed by atoms with E-state index in [9.17, 15) is 49.4 Å². The van der Waals surface area contributed by atoms with Crippen molar-refractivity contribution < 1.29 is 44.2 Å². The van der Waals surface area contributed by atoms with Gasteiger partial charge in [-0.1, -0.05) is 39.0 Å². The Morgan fingerprint density at radius 3 is 2.02 bits per heavy atom. The molecule has 3 amide bonds. The van der Waals surface area contributed by atoms with Crippen LogP contribution in [0.5, 0.6) is 5.75 Å². The van der Waals surface area contributed by atoms with E-state index >= 15 is 0 Å². The number of phenols is 1. The Labute approximate surface area is 282 Å². The fourth-order valence-electron chi connectivity index (χ4n) is 5.05. The maximum absolute atomic E-state index is 13.5. The van der Waals surface area contributed by atoms with Crippen LogP contribution in [0.4, 0.5) is 11.4 Å². The summed E-state index contributed by atoms with van der Waals surface area (Å²) in [5.41, 5.74) is 1.47. The van der Waals surface area contributed by atoms with Gasteiger partial charge in [-0.25, -0.2) is 9.59 Å². The Morgan fingerprint density at radius 2 is 1.49 bits per heavy atom. The van der Waals surface area contributed by atoms with E-state index in [-0.39, 0.29) is 42.8 Å². The number of aromatic hydroxyl groups is 1. The van der Waals surface area contributed by atoms with Crippen LogP contribution in [0.25, 0.3) is 0 Å². The number of hydrogen-bond acceptors (Lipinski definition) is 10. The molecule has 0 saturated carbocycles. The number of hydrogen-bond donors (Lipinski definition) is 7. The van der Waals surface area contributed by atoms with E-state index in [0.29, 0.717) is 28.7 Å². The number of fused-ring (bicyclic) bond motifs is 1. The van der Waals surface area contributed by atoms with Gasteiger partial charge in [0.1, 0.15) is 23.9 Å². The summed E-state index contributed by atoms with van der Waals surface area (Å²) in [5, 5.41) is 50.7. The van der Waals surface area contributed by atoms with Gasteiger partial charge in [0.25, 0.3) is 6.20 Å². The number of nitro groups is 1. The zero-order chi connectivity index (χ0) is 36.5. The Morgan fingerprint density at radius 1 is 0.939 bits per heavy atom. The van der Waals surface area contributed by atoms with Gasteiger partial charge in [-0.2, -0.15) is 0 Å². The molecule has 0 bridgehead atoms. The summed E-state index contributed by atoms with van der Waals surface area (Å²) in [6, 6.07) is 6.76. The summed E-state index contributed by atoms with van der Waals surface area (Å²) in [5.74, 6) is -4.24. The van der Waals surface area contributed by atoms with Crippen LogP contribution < -0.4 is 21.3 Å². The SMILES string of the molecule is CC(=O)N1Cc2cc(NC(=C[N+](=O)[O-])Nc3ccc(O)cc3)ccc2C1C(=O)NC(CC=CCC(NC(=O)CC(C)(C)C)C(=O)O)C(=O)O. The minimum Gasteiger partial charge on any atom is -0.508 e. The summed E-state index contributed by atoms with van der Waals surface area (Å²) < 4.78 is 0. The molecule has 262 valence electrons. The van der Waals surface area contributed by atoms with Gasteiger partial charge < -0.3 is 41.5 Å². The zero-order valence-corrected chi connectivity index (χ0v) is 27.4. The normalized spacial score (nSPS) is 15.6. The number of phenolic OH excluding ortho intramolecular Hbond substituents is 1. The lowest BCUT2D eigenvalue weighted by Crippen LogP contribution is -2.46. The lowest BCUT2D eigenvalue weighted by molar-refractivity contribution is -0.403. The molecule has 49 heavy (non-hydrogen) atoms. The first-order chi connectivity index (χ1) is 22.9. The zero-order valence-electron chi connectivity index (χ0n) is 27.4. The fraction of sp³-hybridized carbons (Fsp3) is 0.364. The predicted molar refractivity (Wildman–Crippen MR) is 177 cm³/mol. The number of benzene rings is 2. The quantitative estimate of drug-likeness (QED) is 0.0620. The summed E-state index contributed by atoms with van der Waals surface area (Å²) in [6.07, 6.45) is 3.33. The molecule has 0 radical (unpaired) electrons. The standard InChI is InChI=1S/C33H40N6O10/c1-19(40)38-17-20-15-22(35-27(18-39(48)49)34-21-9-12-23(41)13-10-21)11-14-24(20)29(38)30(43)37-26(32(46)47)8-6-5-7-25(31(44)45)36-28(42)16-33(2,3)4/h5-6,9-15,18,25-26,29,34-35,41H,7-8,16-17H2,1-4H3,(H,36,42)(H,37,43)(H,44,45)(H,46,47). The van der Waals surface area contributed by atoms with Gasteiger partial charge in [0, 0.05) is 31.3 Å². The highest BCUT2D eigenvalue weighted by atomic mass is 16.6. The van der Waals surface area contributed by atoms with E-state index in [1.165, 1.54) is 48.2 Å². The van der Waals surface area contributed by atoms with Crippen LogP contribution in [0.15, 0.2) is 66.6 Å². The second-order valence-corrected chi connectivity index (χ2v) is 12.6. The highest BCUT2D eigenvalue weighted by molar-refractivity contribution is 5.92. The van der Waals surface area contributed by atoms with Crippen molar-refractivity contribution in [3.05, 3.63) is 87.9 Å². The van der Waals surface area contributed by atoms with Crippen molar-refractivity contribution in [2.24, 2.45) is 5.41 Å². The molecule has 2 aromatic rings. The first kappa shape index (κ1) is 37.5. The number of aliphatic carboxylic acids is 2. The molecule has 3 unspecified atom stereocenters. The number of carbonyl (C=O) groups excluding carboxylic acids is 3. The molecule has 0 aromatic heterocycles. The average Bonchev–Trinajstić information content (AvgIpc) is 3.37. The van der Waals surface area contributed by atoms with Gasteiger partial charge in [-0.05, 0) is 65.8 Å². The number of anilines is 2. The third-order valence-corrected chi connectivity index (χ3v) is 7.25. The molecule has 16 heteroatoms. The van der Waals surface area contributed by atoms with E-state index in [1.807, 2.05) is 20.8 Å². The van der Waals surface area contributed by atoms with Gasteiger partial charge in [0.05, 0.1) is 4.92 Å². The third kappa shape index (κ3) is 11.4. The van der Waals surface area contributed by atoms with Crippen molar-refractivity contribution in [3.8, 4) is 5.75 Å². The van der Waals surface area contributed by atoms with Crippen LogP contribution in [0.3, 0.4) is 0 Å². The van der Waals surface area contributed by atoms with E-state index in [4.69, 9.17) is 0 Å². The number of rotatable bonds is 15. The van der Waals surface area contributed by atoms with Crippen molar-refractivity contribution in [1.29, 1.82) is 0 Å². The first-order valence-electron chi connectivity index (χ1n) is 15.2. The molecule has 3 rings (SSSR count). The van der Waals surface area contributed by atoms with Crippen LogP contribution in [0, 0.1) is 15.5 Å². The molecule has 0 saturated heterocycles. The second-order valence-electron chi connectivity index (χ2n) is 12.6. The minimum atomic E-state index is -1.41. The number of carboxylic acid groups (broad SMARTS) is 2. The van der Waals surface area contributed by atoms with E-state index in [0.717, 1.165) is 0 Å². The van der Waals surface area contributed by atoms with Crippen molar-refractivity contribution >= 4 is 41.0 Å². The number of carboxylic acids is 2. The van der Waals surface area contributed by atoms with Gasteiger partial charge in [-0.3, -0.25) is 24.5 Å². The van der Waals surface area contributed by atoms with Crippen molar-refractivity contribution in [3.63, 3.8) is 0 Å². The molecule has 1 heterocycles. The Balaban J connectivity index is 1.73. The number of carbonyl (C=O) groups is 5. The highest BCUT2D eigenvalue weighted by Crippen LogP contribution is 2.36. The maximum atomic E-state index is 13.5. The van der Waals surface area contributed by atoms with Gasteiger partial charge in [0.15, 0.2) is 5.82 Å². The third-order valence-electron chi connectivity index (χ3n) is 7.25. The van der Waals surface area contributed by atoms with Crippen LogP contribution in [-0.4, -0.2) is 66.9 Å². The van der Waals surface area contributed by atoms with Crippen LogP contribution in [0.2, 0.25) is 0 Å². The van der Waals surface area contributed by atoms with Gasteiger partial charge in [0.2, 0.25) is 17.7 Å². The summed E-state index contributed by atoms with van der Waals surface area (Å²) in [6.45, 7) is 6.79. The van der Waals surface area contributed by atoms with Crippen LogP contribution >= 0.6 is 0 Å². The largest absolute Gasteiger partial charge is 0.508 e. The second kappa shape index (κ2) is 16.3. The van der Waals surface area contributed by atoms with Gasteiger partial charge >= 0.3 is 11.9 Å². The smallest absolute Gasteiger partial charge is 0.326 e. The molecule has 1 aliphatic heterocycles. The van der Waals surface area contributed by atoms with E-state index < -0.39 is 52.7 Å². The van der Waals surface area contributed by atoms with Crippen molar-refractivity contribution in [2.45, 2.75) is 71.6 Å². The van der Waals surface area contributed by atoms with E-state index in [1.54, 1.807) is 18.2 Å². The molecule has 16 nitrogen and oxygen atoms in total. The lowest BCUT2D eigenvalue weighted by atomic mass is 9.92. The predicted octanol–water partition coefficient (Wildman–Crippen LogP) is 3.31. The summed E-state index contributed by atoms with van der Waals surface area (Å²) in [7, 11) is 0. The average molecular weight is 681 g/mol. The maximum Gasteiger partial charge on any atom is 0.326 e. The Kier molecular flexibility index (Phi) is 12.4. The first-order valence-corrected chi connectivity index (χ1v) is 15.2. The molecular formula is C33H40N6O10. The highest BCUT2D eigenvalue weighted by Gasteiger charge is 2.38. The monoisotopic (exact) mass is 680 g/mol. The minimum absolute atomic E-state index is 0.00704. The van der Waals surface area contributed by atoms with Crippen LogP contribution in [-0.2, 0) is 30.5 Å². The Bertz CT molecular complexity index is 1650. The molecule has 3 atom stereocenters. The fourth-order valence-corrected chi connectivity index (χ4v) is 5.05.